The Morgan fingerprint density at radius 1 is 0.880 bits per heavy atom. The maximum Gasteiger partial charge on any atom is 0.407 e. The molecule has 7 aromatic rings. The minimum Gasteiger partial charge on any atom is -0.454 e. The fraction of sp³-hybridized carbons (Fsp3) is 0.158. The van der Waals surface area contributed by atoms with E-state index < -0.39 is 23.5 Å². The highest BCUT2D eigenvalue weighted by molar-refractivity contribution is 6.42. The summed E-state index contributed by atoms with van der Waals surface area (Å²) in [5, 5.41) is 13.0. The molecule has 0 bridgehead atoms. The summed E-state index contributed by atoms with van der Waals surface area (Å²) in [6, 6.07) is 31.3. The molecule has 0 radical (unpaired) electrons. The number of halogens is 2. The summed E-state index contributed by atoms with van der Waals surface area (Å²) in [7, 11) is 0. The SMILES string of the molecule is CC(C)(C)OC(=O)NCC(C(=O)N(c1ccccc1)N(c1cccc2c1oc1ccccc12)c1nccc2ccnn12)c1ccc(Cl)c(Cl)c1. The van der Waals surface area contributed by atoms with Gasteiger partial charge in [-0.1, -0.05) is 77.8 Å². The Morgan fingerprint density at radius 2 is 1.62 bits per heavy atom. The highest BCUT2D eigenvalue weighted by atomic mass is 35.5. The Bertz CT molecular complexity index is 2350. The number of hydrogen-bond acceptors (Lipinski definition) is 7. The van der Waals surface area contributed by atoms with Crippen molar-refractivity contribution in [1.29, 1.82) is 0 Å². The molecular formula is C38H32Cl2N6O4. The summed E-state index contributed by atoms with van der Waals surface area (Å²) in [5.74, 6) is -1.10. The first-order valence-corrected chi connectivity index (χ1v) is 16.6. The van der Waals surface area contributed by atoms with Crippen LogP contribution in [0.2, 0.25) is 10.0 Å². The van der Waals surface area contributed by atoms with Gasteiger partial charge in [0.25, 0.3) is 11.9 Å². The molecule has 3 heterocycles. The molecule has 50 heavy (non-hydrogen) atoms. The van der Waals surface area contributed by atoms with Crippen molar-refractivity contribution in [2.75, 3.05) is 16.6 Å². The minimum atomic E-state index is -0.980. The second kappa shape index (κ2) is 13.4. The summed E-state index contributed by atoms with van der Waals surface area (Å²) in [4.78, 5) is 33.2. The molecule has 1 N–H and O–H groups in total. The van der Waals surface area contributed by atoms with E-state index in [0.717, 1.165) is 16.3 Å². The number of hydrogen-bond donors (Lipinski definition) is 1. The van der Waals surface area contributed by atoms with Crippen molar-refractivity contribution in [3.63, 3.8) is 0 Å². The molecule has 0 aliphatic rings. The van der Waals surface area contributed by atoms with E-state index in [1.807, 2.05) is 84.9 Å². The molecule has 1 atom stereocenters. The molecule has 3 aromatic heterocycles. The zero-order valence-electron chi connectivity index (χ0n) is 27.4. The molecule has 1 unspecified atom stereocenters. The number of rotatable bonds is 8. The number of para-hydroxylation sites is 3. The molecule has 0 spiro atoms. The number of furan rings is 1. The lowest BCUT2D eigenvalue weighted by Gasteiger charge is -2.37. The predicted octanol–water partition coefficient (Wildman–Crippen LogP) is 9.33. The molecule has 7 rings (SSSR count). The highest BCUT2D eigenvalue weighted by Crippen LogP contribution is 2.40. The van der Waals surface area contributed by atoms with E-state index in [1.165, 1.54) is 5.01 Å². The molecule has 0 saturated heterocycles. The number of alkyl carbamates (subject to hydrolysis) is 1. The fourth-order valence-electron chi connectivity index (χ4n) is 5.82. The molecule has 4 aromatic carbocycles. The molecule has 10 nitrogen and oxygen atoms in total. The zero-order chi connectivity index (χ0) is 35.0. The maximum atomic E-state index is 15.4. The lowest BCUT2D eigenvalue weighted by atomic mass is 9.97. The number of fused-ring (bicyclic) bond motifs is 4. The Hall–Kier alpha value is -5.58. The van der Waals surface area contributed by atoms with Crippen LogP contribution in [0.15, 0.2) is 120 Å². The number of nitrogens with zero attached hydrogens (tertiary/aromatic N) is 5. The lowest BCUT2D eigenvalue weighted by molar-refractivity contribution is -0.120. The van der Waals surface area contributed by atoms with E-state index in [0.29, 0.717) is 39.1 Å². The van der Waals surface area contributed by atoms with Crippen LogP contribution in [0.4, 0.5) is 22.1 Å². The van der Waals surface area contributed by atoms with E-state index in [4.69, 9.17) is 37.3 Å². The van der Waals surface area contributed by atoms with Crippen LogP contribution in [-0.4, -0.2) is 38.7 Å². The van der Waals surface area contributed by atoms with Crippen molar-refractivity contribution < 1.29 is 18.7 Å². The van der Waals surface area contributed by atoms with Crippen molar-refractivity contribution in [2.45, 2.75) is 32.3 Å². The number of ether oxygens (including phenoxy) is 1. The zero-order valence-corrected chi connectivity index (χ0v) is 28.9. The van der Waals surface area contributed by atoms with E-state index in [1.54, 1.807) is 60.9 Å². The van der Waals surface area contributed by atoms with Crippen molar-refractivity contribution in [2.24, 2.45) is 0 Å². The Balaban J connectivity index is 1.46. The Morgan fingerprint density at radius 3 is 2.40 bits per heavy atom. The monoisotopic (exact) mass is 706 g/mol. The first-order valence-electron chi connectivity index (χ1n) is 15.9. The molecular weight excluding hydrogens is 675 g/mol. The van der Waals surface area contributed by atoms with E-state index in [-0.39, 0.29) is 11.6 Å². The third-order valence-corrected chi connectivity index (χ3v) is 8.74. The molecule has 12 heteroatoms. The Kier molecular flexibility index (Phi) is 8.81. The van der Waals surface area contributed by atoms with Gasteiger partial charge < -0.3 is 14.5 Å². The second-order valence-corrected chi connectivity index (χ2v) is 13.4. The first kappa shape index (κ1) is 32.9. The van der Waals surface area contributed by atoms with Crippen LogP contribution in [0.1, 0.15) is 32.3 Å². The number of carbonyl (C=O) groups is 2. The van der Waals surface area contributed by atoms with E-state index >= 15 is 4.79 Å². The van der Waals surface area contributed by atoms with Crippen LogP contribution in [-0.2, 0) is 9.53 Å². The molecule has 0 fully saturated rings. The summed E-state index contributed by atoms with van der Waals surface area (Å²) >= 11 is 12.8. The molecule has 0 aliphatic carbocycles. The highest BCUT2D eigenvalue weighted by Gasteiger charge is 2.36. The third kappa shape index (κ3) is 6.43. The van der Waals surface area contributed by atoms with Crippen LogP contribution >= 0.6 is 23.2 Å². The summed E-state index contributed by atoms with van der Waals surface area (Å²) in [5.41, 5.74) is 2.79. The number of hydrazine groups is 1. The normalized spacial score (nSPS) is 12.3. The van der Waals surface area contributed by atoms with Gasteiger partial charge in [0.2, 0.25) is 0 Å². The van der Waals surface area contributed by atoms with Crippen LogP contribution < -0.4 is 15.3 Å². The fourth-order valence-corrected chi connectivity index (χ4v) is 6.13. The molecule has 0 aliphatic heterocycles. The smallest absolute Gasteiger partial charge is 0.407 e. The van der Waals surface area contributed by atoms with Gasteiger partial charge in [0.15, 0.2) is 5.58 Å². The summed E-state index contributed by atoms with van der Waals surface area (Å²) in [6.07, 6.45) is 2.65. The van der Waals surface area contributed by atoms with Gasteiger partial charge in [-0.15, -0.1) is 0 Å². The quantitative estimate of drug-likeness (QED) is 0.157. The maximum absolute atomic E-state index is 15.4. The van der Waals surface area contributed by atoms with Crippen molar-refractivity contribution in [1.82, 2.24) is 19.9 Å². The van der Waals surface area contributed by atoms with Gasteiger partial charge in [0.1, 0.15) is 16.9 Å². The van der Waals surface area contributed by atoms with E-state index in [2.05, 4.69) is 10.4 Å². The van der Waals surface area contributed by atoms with Gasteiger partial charge in [-0.3, -0.25) is 4.79 Å². The average Bonchev–Trinajstić information content (AvgIpc) is 3.74. The lowest BCUT2D eigenvalue weighted by Crippen LogP contribution is -2.50. The number of aromatic nitrogens is 3. The van der Waals surface area contributed by atoms with Gasteiger partial charge in [-0.25, -0.2) is 19.8 Å². The molecule has 0 saturated carbocycles. The van der Waals surface area contributed by atoms with E-state index in [9.17, 15) is 4.79 Å². The summed E-state index contributed by atoms with van der Waals surface area (Å²) < 4.78 is 13.7. The topological polar surface area (TPSA) is 105 Å². The number of benzene rings is 4. The number of amides is 2. The van der Waals surface area contributed by atoms with Crippen LogP contribution in [0.5, 0.6) is 0 Å². The van der Waals surface area contributed by atoms with Gasteiger partial charge in [-0.2, -0.15) is 9.61 Å². The Labute approximate surface area is 297 Å². The largest absolute Gasteiger partial charge is 0.454 e. The standard InChI is InChI=1S/C38H32Cl2N6O4/c1-38(2,3)50-37(48)42-23-29(24-16-17-30(39)31(40)22-24)35(47)45(26-10-5-4-6-11-26)46(36-41-20-18-25-19-21-43-44(25)36)32-14-9-13-28-27-12-7-8-15-33(27)49-34(28)32/h4-22,29H,23H2,1-3H3,(H,42,48). The number of carbonyl (C=O) groups excluding carboxylic acids is 2. The third-order valence-electron chi connectivity index (χ3n) is 8.00. The van der Waals surface area contributed by atoms with Crippen molar-refractivity contribution >= 4 is 80.0 Å². The molecule has 2 amide bonds. The van der Waals surface area contributed by atoms with Gasteiger partial charge in [-0.05, 0) is 74.9 Å². The van der Waals surface area contributed by atoms with Crippen LogP contribution in [0.25, 0.3) is 27.5 Å². The van der Waals surface area contributed by atoms with Gasteiger partial charge in [0, 0.05) is 23.5 Å². The summed E-state index contributed by atoms with van der Waals surface area (Å²) in [6.45, 7) is 5.18. The van der Waals surface area contributed by atoms with Crippen LogP contribution in [0, 0.1) is 0 Å². The average molecular weight is 708 g/mol. The second-order valence-electron chi connectivity index (χ2n) is 12.6. The van der Waals surface area contributed by atoms with Crippen molar-refractivity contribution in [3.8, 4) is 0 Å². The van der Waals surface area contributed by atoms with Crippen molar-refractivity contribution in [3.05, 3.63) is 131 Å². The minimum absolute atomic E-state index is 0.128. The molecule has 252 valence electrons. The number of anilines is 3. The number of nitrogens with one attached hydrogen (secondary N) is 1. The van der Waals surface area contributed by atoms with Gasteiger partial charge in [0.05, 0.1) is 33.4 Å². The predicted molar refractivity (Wildman–Crippen MR) is 196 cm³/mol. The van der Waals surface area contributed by atoms with Gasteiger partial charge >= 0.3 is 6.09 Å². The van der Waals surface area contributed by atoms with Crippen LogP contribution in [0.3, 0.4) is 0 Å². The first-order chi connectivity index (χ1) is 24.1.